The molecule has 0 N–H and O–H groups in total. The van der Waals surface area contributed by atoms with E-state index in [9.17, 15) is 0 Å². The molecular weight excluding hydrogens is 449 g/mol. The van der Waals surface area contributed by atoms with Crippen LogP contribution in [0.2, 0.25) is 57.4 Å². The van der Waals surface area contributed by atoms with Gasteiger partial charge in [0.05, 0.1) is 20.0 Å². The minimum absolute atomic E-state index is 1.08. The van der Waals surface area contributed by atoms with E-state index in [1.54, 1.807) is 0 Å². The lowest BCUT2D eigenvalue weighted by Gasteiger charge is -2.43. The first-order valence-corrected chi connectivity index (χ1v) is 23.1. The monoisotopic (exact) mass is 489 g/mol. The van der Waals surface area contributed by atoms with E-state index in [2.05, 4.69) is 54.0 Å². The summed E-state index contributed by atoms with van der Waals surface area (Å²) in [4.78, 5) is 7.81. The highest BCUT2D eigenvalue weighted by atomic mass is 35.6. The van der Waals surface area contributed by atoms with Crippen molar-refractivity contribution in [2.75, 3.05) is 39.6 Å². The SMILES string of the molecule is C[Si](C)(Cl)CCCN1CN(CCC[Si](C)(C)Cl)CN(CCC[Si](C)(C)Cl)C1. The zero-order valence-electron chi connectivity index (χ0n) is 18.5. The number of halogens is 3. The zero-order chi connectivity index (χ0) is 20.7. The van der Waals surface area contributed by atoms with E-state index in [1.165, 1.54) is 37.4 Å². The molecule has 0 spiro atoms. The van der Waals surface area contributed by atoms with E-state index < -0.39 is 22.2 Å². The van der Waals surface area contributed by atoms with Crippen molar-refractivity contribution in [2.24, 2.45) is 0 Å². The Hall–Kier alpha value is 1.40. The van der Waals surface area contributed by atoms with Crippen molar-refractivity contribution in [3.63, 3.8) is 0 Å². The molecule has 27 heavy (non-hydrogen) atoms. The Morgan fingerprint density at radius 3 is 0.926 bits per heavy atom. The van der Waals surface area contributed by atoms with Gasteiger partial charge in [-0.3, -0.25) is 14.7 Å². The molecule has 0 aliphatic carbocycles. The molecular formula is C18H42Cl3N3Si3. The summed E-state index contributed by atoms with van der Waals surface area (Å²) in [7, 11) is -4.38. The summed E-state index contributed by atoms with van der Waals surface area (Å²) in [5.41, 5.74) is 0. The zero-order valence-corrected chi connectivity index (χ0v) is 23.7. The quantitative estimate of drug-likeness (QED) is 0.235. The predicted molar refractivity (Wildman–Crippen MR) is 133 cm³/mol. The largest absolute Gasteiger partial charge is 0.277 e. The molecule has 1 rings (SSSR count). The summed E-state index contributed by atoms with van der Waals surface area (Å²) in [6, 6.07) is 3.59. The molecule has 0 aromatic rings. The second kappa shape index (κ2) is 11.7. The molecule has 0 saturated carbocycles. The maximum atomic E-state index is 6.51. The molecule has 0 aromatic carbocycles. The molecule has 1 saturated heterocycles. The highest BCUT2D eigenvalue weighted by Gasteiger charge is 2.26. The van der Waals surface area contributed by atoms with Crippen LogP contribution in [-0.4, -0.2) is 76.5 Å². The Labute approximate surface area is 185 Å². The van der Waals surface area contributed by atoms with Crippen molar-refractivity contribution in [3.05, 3.63) is 0 Å². The van der Waals surface area contributed by atoms with Crippen molar-refractivity contribution in [1.29, 1.82) is 0 Å². The van der Waals surface area contributed by atoms with Crippen molar-refractivity contribution in [2.45, 2.75) is 76.7 Å². The number of hydrogen-bond donors (Lipinski definition) is 0. The van der Waals surface area contributed by atoms with E-state index in [-0.39, 0.29) is 0 Å². The standard InChI is InChI=1S/C18H42Cl3N3Si3/c1-25(2,19)13-7-10-22-16-23(11-8-14-26(3,4)20)18-24(17-22)12-9-15-27(5,6)21/h7-18H2,1-6H3. The number of rotatable bonds is 12. The number of nitrogens with zero attached hydrogens (tertiary/aromatic N) is 3. The summed E-state index contributed by atoms with van der Waals surface area (Å²) in [6.07, 6.45) is 3.65. The molecule has 0 atom stereocenters. The van der Waals surface area contributed by atoms with Gasteiger partial charge in [0.2, 0.25) is 0 Å². The molecule has 0 radical (unpaired) electrons. The lowest BCUT2D eigenvalue weighted by Crippen LogP contribution is -2.55. The molecule has 1 aliphatic rings. The van der Waals surface area contributed by atoms with Crippen LogP contribution in [0.5, 0.6) is 0 Å². The average Bonchev–Trinajstić information content (AvgIpc) is 2.43. The Morgan fingerprint density at radius 2 is 0.741 bits per heavy atom. The van der Waals surface area contributed by atoms with Crippen LogP contribution in [0.4, 0.5) is 0 Å². The summed E-state index contributed by atoms with van der Waals surface area (Å²) < 4.78 is 0. The van der Waals surface area contributed by atoms with Gasteiger partial charge in [0, 0.05) is 19.6 Å². The first kappa shape index (κ1) is 26.4. The molecule has 1 heterocycles. The molecule has 9 heteroatoms. The lowest BCUT2D eigenvalue weighted by molar-refractivity contribution is -0.0289. The van der Waals surface area contributed by atoms with Gasteiger partial charge in [0.25, 0.3) is 0 Å². The maximum absolute atomic E-state index is 6.51. The molecule has 0 aromatic heterocycles. The van der Waals surface area contributed by atoms with Crippen molar-refractivity contribution in [1.82, 2.24) is 14.7 Å². The Kier molecular flexibility index (Phi) is 11.5. The van der Waals surface area contributed by atoms with Gasteiger partial charge in [-0.15, -0.1) is 0 Å². The molecule has 3 nitrogen and oxygen atoms in total. The first-order chi connectivity index (χ1) is 12.2. The Balaban J connectivity index is 2.51. The smallest absolute Gasteiger partial charge is 0.150 e. The second-order valence-corrected chi connectivity index (χ2v) is 31.1. The van der Waals surface area contributed by atoms with Gasteiger partial charge >= 0.3 is 0 Å². The normalized spacial score (nSPS) is 19.0. The van der Waals surface area contributed by atoms with Crippen LogP contribution in [0, 0.1) is 0 Å². The maximum Gasteiger partial charge on any atom is 0.150 e. The van der Waals surface area contributed by atoms with E-state index >= 15 is 0 Å². The van der Waals surface area contributed by atoms with E-state index in [0.29, 0.717) is 0 Å². The molecule has 1 aliphatic heterocycles. The number of hydrogen-bond acceptors (Lipinski definition) is 3. The second-order valence-electron chi connectivity index (χ2n) is 10.1. The van der Waals surface area contributed by atoms with Crippen LogP contribution >= 0.6 is 33.2 Å². The van der Waals surface area contributed by atoms with E-state index in [1.807, 2.05) is 0 Å². The van der Waals surface area contributed by atoms with Crippen LogP contribution in [0.25, 0.3) is 0 Å². The lowest BCUT2D eigenvalue weighted by atomic mass is 10.3. The van der Waals surface area contributed by atoms with Crippen molar-refractivity contribution >= 4 is 55.4 Å². The van der Waals surface area contributed by atoms with Crippen LogP contribution in [0.1, 0.15) is 19.3 Å². The summed E-state index contributed by atoms with van der Waals surface area (Å²) in [5.74, 6) is 0. The fourth-order valence-electron chi connectivity index (χ4n) is 3.58. The Bertz CT molecular complexity index is 355. The summed E-state index contributed by atoms with van der Waals surface area (Å²) in [6.45, 7) is 20.2. The minimum atomic E-state index is -1.46. The summed E-state index contributed by atoms with van der Waals surface area (Å²) in [5, 5.41) is 0. The van der Waals surface area contributed by atoms with E-state index in [0.717, 1.165) is 39.6 Å². The molecule has 0 amide bonds. The van der Waals surface area contributed by atoms with Gasteiger partial charge in [-0.25, -0.2) is 0 Å². The van der Waals surface area contributed by atoms with Crippen LogP contribution in [0.3, 0.4) is 0 Å². The molecule has 162 valence electrons. The van der Waals surface area contributed by atoms with E-state index in [4.69, 9.17) is 33.2 Å². The molecule has 0 bridgehead atoms. The third-order valence-electron chi connectivity index (χ3n) is 4.94. The van der Waals surface area contributed by atoms with Crippen LogP contribution in [0.15, 0.2) is 0 Å². The topological polar surface area (TPSA) is 9.72 Å². The van der Waals surface area contributed by atoms with Crippen LogP contribution in [-0.2, 0) is 0 Å². The van der Waals surface area contributed by atoms with Gasteiger partial charge in [-0.05, 0) is 37.4 Å². The van der Waals surface area contributed by atoms with Crippen molar-refractivity contribution in [3.8, 4) is 0 Å². The fraction of sp³-hybridized carbons (Fsp3) is 1.00. The highest BCUT2D eigenvalue weighted by molar-refractivity contribution is 7.19. The molecule has 0 unspecified atom stereocenters. The summed E-state index contributed by atoms with van der Waals surface area (Å²) >= 11 is 19.5. The fourth-order valence-corrected chi connectivity index (χ4v) is 7.78. The van der Waals surface area contributed by atoms with Gasteiger partial charge in [0.15, 0.2) is 22.2 Å². The molecule has 1 fully saturated rings. The van der Waals surface area contributed by atoms with Gasteiger partial charge < -0.3 is 0 Å². The third kappa shape index (κ3) is 14.9. The Morgan fingerprint density at radius 1 is 0.519 bits per heavy atom. The first-order valence-electron chi connectivity index (χ1n) is 10.5. The highest BCUT2D eigenvalue weighted by Crippen LogP contribution is 2.21. The van der Waals surface area contributed by atoms with Crippen molar-refractivity contribution < 1.29 is 0 Å². The minimum Gasteiger partial charge on any atom is -0.277 e. The van der Waals surface area contributed by atoms with Crippen LogP contribution < -0.4 is 0 Å². The predicted octanol–water partition coefficient (Wildman–Crippen LogP) is 6.28. The average molecular weight is 491 g/mol. The van der Waals surface area contributed by atoms with Gasteiger partial charge in [-0.2, -0.15) is 33.2 Å². The van der Waals surface area contributed by atoms with Gasteiger partial charge in [-0.1, -0.05) is 39.3 Å². The third-order valence-corrected chi connectivity index (χ3v) is 11.3. The van der Waals surface area contributed by atoms with Gasteiger partial charge in [0.1, 0.15) is 0 Å².